The number of hydrogen-bond acceptors (Lipinski definition) is 6. The Balaban J connectivity index is 0.000000166. The molecule has 8 heteroatoms. The summed E-state index contributed by atoms with van der Waals surface area (Å²) >= 11 is 3.32. The molecule has 2 aromatic heterocycles. The summed E-state index contributed by atoms with van der Waals surface area (Å²) < 4.78 is 12.9. The summed E-state index contributed by atoms with van der Waals surface area (Å²) in [5.41, 5.74) is 17.7. The van der Waals surface area contributed by atoms with Crippen molar-refractivity contribution in [2.24, 2.45) is 0 Å². The van der Waals surface area contributed by atoms with Gasteiger partial charge in [0.2, 0.25) is 0 Å². The van der Waals surface area contributed by atoms with Crippen LogP contribution in [-0.2, 0) is 9.31 Å². The van der Waals surface area contributed by atoms with Crippen LogP contribution in [0.4, 0.5) is 11.4 Å². The molecule has 0 unspecified atom stereocenters. The van der Waals surface area contributed by atoms with Crippen LogP contribution in [0.5, 0.6) is 0 Å². The molecular formula is C30H36BBrN4O2. The van der Waals surface area contributed by atoms with Gasteiger partial charge in [-0.3, -0.25) is 9.97 Å². The molecular weight excluding hydrogens is 539 g/mol. The number of anilines is 2. The molecule has 4 N–H and O–H groups in total. The van der Waals surface area contributed by atoms with Gasteiger partial charge in [0.05, 0.1) is 11.2 Å². The van der Waals surface area contributed by atoms with Crippen LogP contribution in [-0.4, -0.2) is 28.3 Å². The van der Waals surface area contributed by atoms with E-state index in [0.29, 0.717) is 0 Å². The Morgan fingerprint density at radius 2 is 1.13 bits per heavy atom. The molecule has 0 bridgehead atoms. The highest BCUT2D eigenvalue weighted by Crippen LogP contribution is 2.36. The van der Waals surface area contributed by atoms with Gasteiger partial charge in [0.1, 0.15) is 0 Å². The zero-order valence-corrected chi connectivity index (χ0v) is 24.5. The fourth-order valence-electron chi connectivity index (χ4n) is 3.54. The number of aromatic nitrogens is 2. The van der Waals surface area contributed by atoms with Crippen LogP contribution >= 0.6 is 15.9 Å². The average Bonchev–Trinajstić information content (AvgIpc) is 3.07. The van der Waals surface area contributed by atoms with Gasteiger partial charge in [0.15, 0.2) is 0 Å². The molecule has 1 saturated heterocycles. The Morgan fingerprint density at radius 1 is 0.658 bits per heavy atom. The molecule has 0 amide bonds. The van der Waals surface area contributed by atoms with Crippen molar-refractivity contribution in [1.29, 1.82) is 0 Å². The van der Waals surface area contributed by atoms with E-state index in [2.05, 4.69) is 32.0 Å². The lowest BCUT2D eigenvalue weighted by Gasteiger charge is -2.32. The van der Waals surface area contributed by atoms with Crippen molar-refractivity contribution in [2.75, 3.05) is 11.5 Å². The van der Waals surface area contributed by atoms with Crippen LogP contribution in [0, 0.1) is 13.8 Å². The monoisotopic (exact) mass is 574 g/mol. The maximum atomic E-state index is 5.93. The maximum Gasteiger partial charge on any atom is 0.494 e. The lowest BCUT2D eigenvalue weighted by atomic mass is 9.79. The van der Waals surface area contributed by atoms with E-state index in [-0.39, 0.29) is 18.3 Å². The molecule has 3 heterocycles. The van der Waals surface area contributed by atoms with E-state index in [9.17, 15) is 0 Å². The molecule has 1 fully saturated rings. The molecule has 1 aliphatic rings. The van der Waals surface area contributed by atoms with E-state index in [1.165, 1.54) is 11.1 Å². The number of halogens is 1. The smallest absolute Gasteiger partial charge is 0.399 e. The Bertz CT molecular complexity index is 1300. The number of nitrogens with zero attached hydrogens (tertiary/aromatic N) is 2. The third-order valence-electron chi connectivity index (χ3n) is 6.46. The second kappa shape index (κ2) is 12.6. The van der Waals surface area contributed by atoms with Gasteiger partial charge in [0.25, 0.3) is 0 Å². The number of rotatable bonds is 2. The standard InChI is InChI=1S/C12H18BNO2.C12H12N2.C6H6BrN/c1-11(2)12(3,4)16-13(15-11)9-5-7-10(14)8-6-9;1-9-8-11(6-7-14-9)10-2-4-12(13)5-3-10;1-5-4-6(7)2-3-8-5/h5-8H,14H2,1-4H3;2-8H,13H2,1H3;2-4H,1H3. The largest absolute Gasteiger partial charge is 0.494 e. The van der Waals surface area contributed by atoms with Crippen molar-refractivity contribution < 1.29 is 9.31 Å². The molecule has 5 rings (SSSR count). The molecule has 38 heavy (non-hydrogen) atoms. The molecule has 2 aromatic carbocycles. The first-order chi connectivity index (χ1) is 17.9. The van der Waals surface area contributed by atoms with Crippen LogP contribution < -0.4 is 16.9 Å². The highest BCUT2D eigenvalue weighted by molar-refractivity contribution is 9.10. The van der Waals surface area contributed by atoms with Gasteiger partial charge in [-0.2, -0.15) is 0 Å². The van der Waals surface area contributed by atoms with E-state index >= 15 is 0 Å². The highest BCUT2D eigenvalue weighted by atomic mass is 79.9. The van der Waals surface area contributed by atoms with Crippen molar-refractivity contribution in [1.82, 2.24) is 9.97 Å². The van der Waals surface area contributed by atoms with Crippen molar-refractivity contribution in [2.45, 2.75) is 52.7 Å². The van der Waals surface area contributed by atoms with Crippen molar-refractivity contribution in [3.8, 4) is 11.1 Å². The summed E-state index contributed by atoms with van der Waals surface area (Å²) in [7, 11) is -0.300. The predicted octanol–water partition coefficient (Wildman–Crippen LogP) is 6.36. The Morgan fingerprint density at radius 3 is 1.58 bits per heavy atom. The minimum absolute atomic E-state index is 0.293. The first kappa shape index (κ1) is 29.4. The van der Waals surface area contributed by atoms with Crippen LogP contribution in [0.15, 0.2) is 89.7 Å². The van der Waals surface area contributed by atoms with Crippen LogP contribution in [0.2, 0.25) is 0 Å². The maximum absolute atomic E-state index is 5.93. The Kier molecular flexibility index (Phi) is 9.71. The average molecular weight is 575 g/mol. The summed E-state index contributed by atoms with van der Waals surface area (Å²) in [5, 5.41) is 0. The Hall–Kier alpha value is -3.20. The lowest BCUT2D eigenvalue weighted by Crippen LogP contribution is -2.41. The summed E-state index contributed by atoms with van der Waals surface area (Å²) in [5.74, 6) is 0. The van der Waals surface area contributed by atoms with Crippen molar-refractivity contribution >= 4 is 39.9 Å². The second-order valence-electron chi connectivity index (χ2n) is 10.2. The molecule has 0 saturated carbocycles. The Labute approximate surface area is 235 Å². The zero-order valence-electron chi connectivity index (χ0n) is 22.9. The van der Waals surface area contributed by atoms with Gasteiger partial charge in [-0.1, -0.05) is 40.2 Å². The topological polar surface area (TPSA) is 96.3 Å². The van der Waals surface area contributed by atoms with Crippen molar-refractivity contribution in [3.63, 3.8) is 0 Å². The fourth-order valence-corrected chi connectivity index (χ4v) is 3.99. The molecule has 198 valence electrons. The van der Waals surface area contributed by atoms with Gasteiger partial charge < -0.3 is 20.8 Å². The fraction of sp³-hybridized carbons (Fsp3) is 0.267. The molecule has 4 aromatic rings. The molecule has 0 spiro atoms. The number of hydrogen-bond donors (Lipinski definition) is 2. The van der Waals surface area contributed by atoms with Crippen LogP contribution in [0.3, 0.4) is 0 Å². The summed E-state index contributed by atoms with van der Waals surface area (Å²) in [6.07, 6.45) is 3.60. The lowest BCUT2D eigenvalue weighted by molar-refractivity contribution is 0.00578. The third-order valence-corrected chi connectivity index (χ3v) is 6.95. The molecule has 6 nitrogen and oxygen atoms in total. The number of pyridine rings is 2. The van der Waals surface area contributed by atoms with E-state index in [4.69, 9.17) is 20.8 Å². The van der Waals surface area contributed by atoms with Gasteiger partial charge in [0, 0.05) is 39.6 Å². The SMILES string of the molecule is CC1(C)OB(c2ccc(N)cc2)OC1(C)C.Cc1cc(-c2ccc(N)cc2)ccn1.Cc1cc(Br)ccn1. The third kappa shape index (κ3) is 8.15. The molecule has 1 aliphatic heterocycles. The van der Waals surface area contributed by atoms with E-state index in [0.717, 1.165) is 32.7 Å². The zero-order chi connectivity index (χ0) is 27.9. The molecule has 0 radical (unpaired) electrons. The minimum Gasteiger partial charge on any atom is -0.399 e. The number of benzene rings is 2. The van der Waals surface area contributed by atoms with Crippen molar-refractivity contribution in [3.05, 3.63) is 101 Å². The summed E-state index contributed by atoms with van der Waals surface area (Å²) in [4.78, 5) is 8.17. The van der Waals surface area contributed by atoms with Crippen LogP contribution in [0.25, 0.3) is 11.1 Å². The van der Waals surface area contributed by atoms with E-state index < -0.39 is 0 Å². The normalized spacial score (nSPS) is 15.1. The van der Waals surface area contributed by atoms with Gasteiger partial charge in [-0.25, -0.2) is 0 Å². The first-order valence-corrected chi connectivity index (χ1v) is 13.2. The van der Waals surface area contributed by atoms with Gasteiger partial charge in [-0.05, 0) is 107 Å². The second-order valence-corrected chi connectivity index (χ2v) is 11.1. The number of nitrogen functional groups attached to an aromatic ring is 2. The van der Waals surface area contributed by atoms with Crippen LogP contribution in [0.1, 0.15) is 39.1 Å². The van der Waals surface area contributed by atoms with E-state index in [1.54, 1.807) is 6.20 Å². The molecule has 0 atom stereocenters. The highest BCUT2D eigenvalue weighted by Gasteiger charge is 2.51. The summed E-state index contributed by atoms with van der Waals surface area (Å²) in [6, 6.07) is 23.4. The van der Waals surface area contributed by atoms with E-state index in [1.807, 2.05) is 114 Å². The van der Waals surface area contributed by atoms with Gasteiger partial charge >= 0.3 is 7.12 Å². The number of nitrogens with two attached hydrogens (primary N) is 2. The molecule has 0 aliphatic carbocycles. The summed E-state index contributed by atoms with van der Waals surface area (Å²) in [6.45, 7) is 12.1. The minimum atomic E-state index is -0.300. The first-order valence-electron chi connectivity index (χ1n) is 12.4. The van der Waals surface area contributed by atoms with Gasteiger partial charge in [-0.15, -0.1) is 0 Å². The predicted molar refractivity (Wildman–Crippen MR) is 162 cm³/mol. The number of aryl methyl sites for hydroxylation is 2. The quantitative estimate of drug-likeness (QED) is 0.213.